The van der Waals surface area contributed by atoms with Crippen molar-refractivity contribution in [1.82, 2.24) is 30.4 Å². The number of benzene rings is 3. The first-order valence-electron chi connectivity index (χ1n) is 20.9. The van der Waals surface area contributed by atoms with Gasteiger partial charge in [0.05, 0.1) is 43.7 Å². The van der Waals surface area contributed by atoms with E-state index in [1.165, 1.54) is 7.11 Å². The highest BCUT2D eigenvalue weighted by Gasteiger charge is 2.55. The molecule has 3 aromatic carbocycles. The number of ether oxygens (including phenoxy) is 2. The van der Waals surface area contributed by atoms with Crippen molar-refractivity contribution in [2.75, 3.05) is 20.2 Å². The number of aliphatic imine (C=N–C) groups is 1. The number of carbonyl (C=O) groups is 3. The maximum atomic E-state index is 14.0. The number of carbonyl (C=O) groups excluding carboxylic acids is 3. The third kappa shape index (κ3) is 7.19. The lowest BCUT2D eigenvalue weighted by molar-refractivity contribution is -0.137. The van der Waals surface area contributed by atoms with E-state index in [4.69, 9.17) is 19.5 Å². The lowest BCUT2D eigenvalue weighted by Crippen LogP contribution is -2.59. The van der Waals surface area contributed by atoms with Crippen molar-refractivity contribution >= 4 is 34.7 Å². The number of imidazole rings is 1. The summed E-state index contributed by atoms with van der Waals surface area (Å²) in [5.41, 5.74) is 5.04. The number of nitrogens with one attached hydrogen (secondary N) is 3. The summed E-state index contributed by atoms with van der Waals surface area (Å²) in [6.07, 6.45) is 7.23. The molecule has 2 bridgehead atoms. The molecule has 2 aliphatic carbocycles. The van der Waals surface area contributed by atoms with Crippen LogP contribution in [-0.4, -0.2) is 87.6 Å². The standard InChI is InChI=1S/C46H55N7O5/c1-26(2)38(51-43(55)57-6)42(54)53-34-16-15-33(21-34)39(53)41-48-24-36(50-41)32-14-13-30-19-29(11-12-31(30)20-32)27-7-9-28(10-8-27)35-23-47-40(49-35)37-22-46(17-18-46)25-52(37)44(56)58-45(3,4)5/h7-14,19-20,23,26,33-34,36-39H,15-18,21-22,24-25H2,1-6H3,(H,47,49)(H,48,50)(H,51,55)/t33-,34+,36?,37-,38-,39-/m0/s1. The minimum absolute atomic E-state index is 0.0173. The van der Waals surface area contributed by atoms with E-state index >= 15 is 0 Å². The smallest absolute Gasteiger partial charge is 0.410 e. The topological polar surface area (TPSA) is 141 Å². The average Bonchev–Trinajstić information content (AvgIpc) is 3.83. The largest absolute Gasteiger partial charge is 0.453 e. The van der Waals surface area contributed by atoms with Crippen molar-refractivity contribution in [2.24, 2.45) is 22.2 Å². The molecule has 6 atom stereocenters. The van der Waals surface area contributed by atoms with E-state index in [1.54, 1.807) is 0 Å². The van der Waals surface area contributed by atoms with Crippen LogP contribution in [0.5, 0.6) is 0 Å². The fourth-order valence-electron chi connectivity index (χ4n) is 9.85. The summed E-state index contributed by atoms with van der Waals surface area (Å²) in [5.74, 6) is 1.91. The molecule has 2 saturated carbocycles. The second-order valence-corrected chi connectivity index (χ2v) is 18.6. The number of fused-ring (bicyclic) bond motifs is 3. The molecule has 1 aromatic heterocycles. The van der Waals surface area contributed by atoms with Crippen molar-refractivity contribution in [3.63, 3.8) is 0 Å². The summed E-state index contributed by atoms with van der Waals surface area (Å²) in [7, 11) is 1.32. The van der Waals surface area contributed by atoms with Gasteiger partial charge in [0.25, 0.3) is 0 Å². The van der Waals surface area contributed by atoms with Gasteiger partial charge in [-0.3, -0.25) is 14.7 Å². The van der Waals surface area contributed by atoms with Gasteiger partial charge >= 0.3 is 12.2 Å². The first-order valence-corrected chi connectivity index (χ1v) is 20.9. The minimum atomic E-state index is -0.656. The normalized spacial score (nSPS) is 24.9. The maximum absolute atomic E-state index is 14.0. The Bertz CT molecular complexity index is 2270. The van der Waals surface area contributed by atoms with Gasteiger partial charge in [-0.05, 0) is 122 Å². The van der Waals surface area contributed by atoms with E-state index in [9.17, 15) is 14.4 Å². The predicted octanol–water partition coefficient (Wildman–Crippen LogP) is 8.16. The number of aromatic nitrogens is 2. The molecule has 4 aromatic rings. The maximum Gasteiger partial charge on any atom is 0.410 e. The molecule has 4 heterocycles. The first kappa shape index (κ1) is 38.1. The van der Waals surface area contributed by atoms with Gasteiger partial charge in [0.2, 0.25) is 5.91 Å². The number of H-pyrrole nitrogens is 1. The van der Waals surface area contributed by atoms with Crippen LogP contribution in [0.2, 0.25) is 0 Å². The number of rotatable bonds is 8. The van der Waals surface area contributed by atoms with Crippen LogP contribution in [0.4, 0.5) is 9.59 Å². The van der Waals surface area contributed by atoms with Crippen LogP contribution in [0.1, 0.15) is 96.6 Å². The molecular formula is C46H55N7O5. The molecule has 58 heavy (non-hydrogen) atoms. The van der Waals surface area contributed by atoms with E-state index in [0.29, 0.717) is 12.5 Å². The second kappa shape index (κ2) is 14.5. The molecule has 9 rings (SSSR count). The number of hydrogen-bond acceptors (Lipinski definition) is 8. The molecule has 5 aliphatic rings. The molecule has 3 amide bonds. The van der Waals surface area contributed by atoms with Crippen LogP contribution in [-0.2, 0) is 14.3 Å². The number of methoxy groups -OCH3 is 1. The molecular weight excluding hydrogens is 731 g/mol. The summed E-state index contributed by atoms with van der Waals surface area (Å²) < 4.78 is 10.6. The van der Waals surface area contributed by atoms with Crippen LogP contribution >= 0.6 is 0 Å². The average molecular weight is 786 g/mol. The van der Waals surface area contributed by atoms with Crippen LogP contribution in [0.3, 0.4) is 0 Å². The molecule has 3 aliphatic heterocycles. The Kier molecular flexibility index (Phi) is 9.51. The number of amides is 3. The van der Waals surface area contributed by atoms with Crippen molar-refractivity contribution in [3.8, 4) is 22.4 Å². The second-order valence-electron chi connectivity index (χ2n) is 18.6. The zero-order valence-electron chi connectivity index (χ0n) is 34.4. The van der Waals surface area contributed by atoms with Crippen LogP contribution in [0.15, 0.2) is 71.9 Å². The van der Waals surface area contributed by atoms with Gasteiger partial charge in [0, 0.05) is 12.6 Å². The summed E-state index contributed by atoms with van der Waals surface area (Å²) in [6.45, 7) is 10.9. The van der Waals surface area contributed by atoms with Gasteiger partial charge < -0.3 is 30.0 Å². The summed E-state index contributed by atoms with van der Waals surface area (Å²) in [6, 6.07) is 21.0. The Morgan fingerprint density at radius 3 is 2.40 bits per heavy atom. The van der Waals surface area contributed by atoms with Crippen LogP contribution in [0.25, 0.3) is 33.2 Å². The molecule has 3 N–H and O–H groups in total. The minimum Gasteiger partial charge on any atom is -0.453 e. The highest BCUT2D eigenvalue weighted by molar-refractivity contribution is 5.96. The molecule has 0 radical (unpaired) electrons. The molecule has 304 valence electrons. The third-order valence-corrected chi connectivity index (χ3v) is 13.1. The molecule has 1 unspecified atom stereocenters. The van der Waals surface area contributed by atoms with Gasteiger partial charge in [-0.25, -0.2) is 14.6 Å². The molecule has 1 spiro atoms. The number of piperidine rings is 1. The Labute approximate surface area is 340 Å². The van der Waals surface area contributed by atoms with E-state index in [2.05, 4.69) is 76.3 Å². The molecule has 12 nitrogen and oxygen atoms in total. The van der Waals surface area contributed by atoms with Crippen molar-refractivity contribution in [2.45, 2.75) is 109 Å². The number of nitrogens with zero attached hydrogens (tertiary/aromatic N) is 4. The zero-order valence-corrected chi connectivity index (χ0v) is 34.4. The number of aromatic amines is 1. The van der Waals surface area contributed by atoms with Crippen LogP contribution in [0, 0.1) is 17.3 Å². The Balaban J connectivity index is 0.866. The highest BCUT2D eigenvalue weighted by Crippen LogP contribution is 2.58. The Morgan fingerprint density at radius 2 is 1.67 bits per heavy atom. The fraction of sp³-hybridized carbons (Fsp3) is 0.500. The fourth-order valence-corrected chi connectivity index (χ4v) is 9.85. The monoisotopic (exact) mass is 785 g/mol. The van der Waals surface area contributed by atoms with Crippen LogP contribution < -0.4 is 10.6 Å². The van der Waals surface area contributed by atoms with Gasteiger partial charge in [-0.1, -0.05) is 62.4 Å². The number of alkyl carbamates (subject to hydrolysis) is 1. The number of amidine groups is 1. The zero-order chi connectivity index (χ0) is 40.5. The van der Waals surface area contributed by atoms with E-state index in [0.717, 1.165) is 95.4 Å². The van der Waals surface area contributed by atoms with Crippen molar-refractivity contribution in [3.05, 3.63) is 78.2 Å². The van der Waals surface area contributed by atoms with Gasteiger partial charge in [0.15, 0.2) is 0 Å². The van der Waals surface area contributed by atoms with Crippen molar-refractivity contribution < 1.29 is 23.9 Å². The quantitative estimate of drug-likeness (QED) is 0.164. The lowest BCUT2D eigenvalue weighted by Gasteiger charge is -2.38. The Morgan fingerprint density at radius 1 is 0.948 bits per heavy atom. The first-order chi connectivity index (χ1) is 27.8. The SMILES string of the molecule is COC(=O)N[C@H](C(=O)N1[C@@H]2CC[C@@H](C2)[C@H]1C1=NCC(c2ccc3cc(-c4ccc(-c5cnc([C@@H]6CC7(CC7)CN6C(=O)OC(C)(C)C)[nH]5)cc4)ccc3c2)N1)C(C)C. The van der Waals surface area contributed by atoms with E-state index in [-0.39, 0.29) is 47.5 Å². The summed E-state index contributed by atoms with van der Waals surface area (Å²) in [4.78, 5) is 56.5. The third-order valence-electron chi connectivity index (χ3n) is 13.1. The van der Waals surface area contributed by atoms with Crippen molar-refractivity contribution in [1.29, 1.82) is 0 Å². The molecule has 4 fully saturated rings. The van der Waals surface area contributed by atoms with Gasteiger partial charge in [-0.15, -0.1) is 0 Å². The molecule has 12 heteroatoms. The predicted molar refractivity (Wildman–Crippen MR) is 223 cm³/mol. The van der Waals surface area contributed by atoms with E-state index < -0.39 is 17.7 Å². The summed E-state index contributed by atoms with van der Waals surface area (Å²) >= 11 is 0. The summed E-state index contributed by atoms with van der Waals surface area (Å²) in [5, 5.41) is 8.81. The van der Waals surface area contributed by atoms with Gasteiger partial charge in [-0.2, -0.15) is 0 Å². The van der Waals surface area contributed by atoms with E-state index in [1.807, 2.05) is 50.6 Å². The number of likely N-dealkylation sites (tertiary alicyclic amines) is 2. The highest BCUT2D eigenvalue weighted by atomic mass is 16.6. The lowest BCUT2D eigenvalue weighted by atomic mass is 9.94. The number of hydrogen-bond donors (Lipinski definition) is 3. The Hall–Kier alpha value is -5.39. The molecule has 2 saturated heterocycles. The van der Waals surface area contributed by atoms with Gasteiger partial charge in [0.1, 0.15) is 23.3 Å².